The molecule has 4 heteroatoms. The maximum Gasteiger partial charge on any atom is 0.123 e. The van der Waals surface area contributed by atoms with Gasteiger partial charge in [0, 0.05) is 16.6 Å². The zero-order valence-corrected chi connectivity index (χ0v) is 13.3. The van der Waals surface area contributed by atoms with E-state index in [0.29, 0.717) is 5.02 Å². The minimum atomic E-state index is -0.280. The molecule has 0 spiro atoms. The van der Waals surface area contributed by atoms with Crippen molar-refractivity contribution in [1.29, 1.82) is 0 Å². The van der Waals surface area contributed by atoms with E-state index in [0.717, 1.165) is 37.2 Å². The van der Waals surface area contributed by atoms with E-state index in [9.17, 15) is 4.39 Å². The van der Waals surface area contributed by atoms with Crippen molar-refractivity contribution in [2.75, 3.05) is 14.1 Å². The van der Waals surface area contributed by atoms with Crippen molar-refractivity contribution in [3.8, 4) is 0 Å². The zero-order valence-electron chi connectivity index (χ0n) is 12.5. The van der Waals surface area contributed by atoms with Crippen molar-refractivity contribution in [3.63, 3.8) is 0 Å². The molecule has 1 fully saturated rings. The van der Waals surface area contributed by atoms with Crippen molar-refractivity contribution < 1.29 is 4.39 Å². The van der Waals surface area contributed by atoms with Gasteiger partial charge in [0.1, 0.15) is 5.82 Å². The van der Waals surface area contributed by atoms with Crippen LogP contribution in [0.1, 0.15) is 44.2 Å². The molecule has 1 aromatic carbocycles. The lowest BCUT2D eigenvalue weighted by molar-refractivity contribution is 0.0564. The Bertz CT molecular complexity index is 468. The van der Waals surface area contributed by atoms with E-state index in [1.165, 1.54) is 12.1 Å². The molecule has 1 aliphatic rings. The third-order valence-corrected chi connectivity index (χ3v) is 5.25. The van der Waals surface area contributed by atoms with E-state index in [-0.39, 0.29) is 17.4 Å². The molecule has 2 rings (SSSR count). The predicted molar refractivity (Wildman–Crippen MR) is 82.4 cm³/mol. The van der Waals surface area contributed by atoms with Crippen molar-refractivity contribution in [3.05, 3.63) is 34.6 Å². The summed E-state index contributed by atoms with van der Waals surface area (Å²) >= 11 is 6.24. The molecule has 0 aliphatic heterocycles. The van der Waals surface area contributed by atoms with Gasteiger partial charge in [-0.2, -0.15) is 0 Å². The Kier molecular flexibility index (Phi) is 4.73. The van der Waals surface area contributed by atoms with E-state index in [1.807, 2.05) is 0 Å². The third kappa shape index (κ3) is 2.85. The normalized spacial score (nSPS) is 28.6. The summed E-state index contributed by atoms with van der Waals surface area (Å²) in [6.07, 6.45) is 4.35. The third-order valence-electron chi connectivity index (χ3n) is 4.90. The fourth-order valence-corrected chi connectivity index (χ4v) is 3.58. The van der Waals surface area contributed by atoms with Crippen LogP contribution in [0.15, 0.2) is 18.2 Å². The lowest BCUT2D eigenvalue weighted by Crippen LogP contribution is -2.54. The highest BCUT2D eigenvalue weighted by molar-refractivity contribution is 6.31. The van der Waals surface area contributed by atoms with E-state index < -0.39 is 0 Å². The molecule has 2 N–H and O–H groups in total. The molecular weight excluding hydrogens is 275 g/mol. The molecule has 1 saturated carbocycles. The first kappa shape index (κ1) is 15.7. The van der Waals surface area contributed by atoms with E-state index in [2.05, 4.69) is 25.9 Å². The van der Waals surface area contributed by atoms with Gasteiger partial charge in [-0.3, -0.25) is 0 Å². The fraction of sp³-hybridized carbons (Fsp3) is 0.625. The lowest BCUT2D eigenvalue weighted by Gasteiger charge is -2.48. The Morgan fingerprint density at radius 2 is 1.95 bits per heavy atom. The fourth-order valence-electron chi connectivity index (χ4n) is 3.34. The van der Waals surface area contributed by atoms with E-state index in [1.54, 1.807) is 6.07 Å². The molecule has 0 saturated heterocycles. The van der Waals surface area contributed by atoms with Crippen LogP contribution in [0.25, 0.3) is 0 Å². The van der Waals surface area contributed by atoms with Gasteiger partial charge in [0.05, 0.1) is 0 Å². The molecule has 1 atom stereocenters. The quantitative estimate of drug-likeness (QED) is 0.914. The SMILES string of the molecule is CC1CCC(C(N)c2cc(F)ccc2Cl)(N(C)C)CC1. The van der Waals surface area contributed by atoms with Crippen LogP contribution in [0.4, 0.5) is 4.39 Å². The summed E-state index contributed by atoms with van der Waals surface area (Å²) in [5.41, 5.74) is 7.11. The molecule has 0 amide bonds. The summed E-state index contributed by atoms with van der Waals surface area (Å²) in [5.74, 6) is 0.455. The van der Waals surface area contributed by atoms with Gasteiger partial charge in [-0.15, -0.1) is 0 Å². The van der Waals surface area contributed by atoms with Gasteiger partial charge in [-0.1, -0.05) is 18.5 Å². The summed E-state index contributed by atoms with van der Waals surface area (Å²) in [6.45, 7) is 2.28. The van der Waals surface area contributed by atoms with E-state index >= 15 is 0 Å². The first-order valence-electron chi connectivity index (χ1n) is 7.25. The Labute approximate surface area is 126 Å². The lowest BCUT2D eigenvalue weighted by atomic mass is 9.70. The first-order valence-corrected chi connectivity index (χ1v) is 7.62. The smallest absolute Gasteiger partial charge is 0.123 e. The average Bonchev–Trinajstić information content (AvgIpc) is 2.41. The number of rotatable bonds is 3. The maximum absolute atomic E-state index is 13.5. The minimum Gasteiger partial charge on any atom is -0.322 e. The highest BCUT2D eigenvalue weighted by Gasteiger charge is 2.42. The predicted octanol–water partition coefficient (Wildman–Crippen LogP) is 3.99. The van der Waals surface area contributed by atoms with Gasteiger partial charge in [0.25, 0.3) is 0 Å². The molecule has 0 aromatic heterocycles. The molecule has 2 nitrogen and oxygen atoms in total. The van der Waals surface area contributed by atoms with Crippen LogP contribution >= 0.6 is 11.6 Å². The topological polar surface area (TPSA) is 29.3 Å². The summed E-state index contributed by atoms with van der Waals surface area (Å²) in [6, 6.07) is 4.19. The van der Waals surface area contributed by atoms with Crippen LogP contribution in [0.2, 0.25) is 5.02 Å². The summed E-state index contributed by atoms with van der Waals surface area (Å²) in [4.78, 5) is 2.20. The van der Waals surface area contributed by atoms with Gasteiger partial charge in [-0.25, -0.2) is 4.39 Å². The minimum absolute atomic E-state index is 0.135. The molecule has 0 radical (unpaired) electrons. The molecule has 1 aromatic rings. The number of hydrogen-bond acceptors (Lipinski definition) is 2. The first-order chi connectivity index (χ1) is 9.36. The number of nitrogens with zero attached hydrogens (tertiary/aromatic N) is 1. The number of likely N-dealkylation sites (N-methyl/N-ethyl adjacent to an activating group) is 1. The monoisotopic (exact) mass is 298 g/mol. The molecular formula is C16H24ClFN2. The van der Waals surface area contributed by atoms with Crippen molar-refractivity contribution in [2.24, 2.45) is 11.7 Å². The maximum atomic E-state index is 13.5. The zero-order chi connectivity index (χ0) is 14.9. The Morgan fingerprint density at radius 3 is 2.50 bits per heavy atom. The second-order valence-electron chi connectivity index (χ2n) is 6.32. The molecule has 0 bridgehead atoms. The standard InChI is InChI=1S/C16H24ClFN2/c1-11-6-8-16(9-7-11,20(2)3)15(19)13-10-12(18)4-5-14(13)17/h4-5,10-11,15H,6-9,19H2,1-3H3. The molecule has 20 heavy (non-hydrogen) atoms. The van der Waals surface area contributed by atoms with Gasteiger partial charge in [0.2, 0.25) is 0 Å². The van der Waals surface area contributed by atoms with Crippen molar-refractivity contribution in [1.82, 2.24) is 4.90 Å². The number of hydrogen-bond donors (Lipinski definition) is 1. The van der Waals surface area contributed by atoms with E-state index in [4.69, 9.17) is 17.3 Å². The van der Waals surface area contributed by atoms with Crippen LogP contribution in [-0.4, -0.2) is 24.5 Å². The van der Waals surface area contributed by atoms with Gasteiger partial charge in [-0.05, 0) is 69.5 Å². The molecule has 0 heterocycles. The average molecular weight is 299 g/mol. The van der Waals surface area contributed by atoms with Gasteiger partial charge >= 0.3 is 0 Å². The molecule has 112 valence electrons. The molecule has 1 unspecified atom stereocenters. The largest absolute Gasteiger partial charge is 0.322 e. The Balaban J connectivity index is 2.36. The summed E-state index contributed by atoms with van der Waals surface area (Å²) in [5, 5.41) is 0.554. The highest BCUT2D eigenvalue weighted by atomic mass is 35.5. The van der Waals surface area contributed by atoms with Gasteiger partial charge < -0.3 is 10.6 Å². The number of nitrogens with two attached hydrogens (primary N) is 1. The second-order valence-corrected chi connectivity index (χ2v) is 6.73. The van der Waals surface area contributed by atoms with Crippen LogP contribution in [0, 0.1) is 11.7 Å². The van der Waals surface area contributed by atoms with Crippen LogP contribution in [-0.2, 0) is 0 Å². The van der Waals surface area contributed by atoms with Gasteiger partial charge in [0.15, 0.2) is 0 Å². The van der Waals surface area contributed by atoms with Crippen LogP contribution in [0.3, 0.4) is 0 Å². The molecule has 1 aliphatic carbocycles. The second kappa shape index (κ2) is 6.00. The Hall–Kier alpha value is -0.640. The van der Waals surface area contributed by atoms with Crippen molar-refractivity contribution >= 4 is 11.6 Å². The Morgan fingerprint density at radius 1 is 1.35 bits per heavy atom. The van der Waals surface area contributed by atoms with Crippen LogP contribution < -0.4 is 5.73 Å². The summed E-state index contributed by atoms with van der Waals surface area (Å²) in [7, 11) is 4.12. The van der Waals surface area contributed by atoms with Crippen LogP contribution in [0.5, 0.6) is 0 Å². The number of halogens is 2. The summed E-state index contributed by atoms with van der Waals surface area (Å²) < 4.78 is 13.5. The number of benzene rings is 1. The van der Waals surface area contributed by atoms with Crippen molar-refractivity contribution in [2.45, 2.75) is 44.2 Å². The highest BCUT2D eigenvalue weighted by Crippen LogP contribution is 2.43.